The van der Waals surface area contributed by atoms with Gasteiger partial charge in [0.15, 0.2) is 5.11 Å². The molecule has 0 fully saturated rings. The van der Waals surface area contributed by atoms with Gasteiger partial charge in [-0.25, -0.2) is 0 Å². The van der Waals surface area contributed by atoms with Gasteiger partial charge in [-0.15, -0.1) is 0 Å². The third kappa shape index (κ3) is 4.03. The lowest BCUT2D eigenvalue weighted by Crippen LogP contribution is -2.20. The van der Waals surface area contributed by atoms with Crippen LogP contribution in [0.2, 0.25) is 0 Å². The summed E-state index contributed by atoms with van der Waals surface area (Å²) in [6, 6.07) is 5.54. The molecule has 1 rings (SSSR count). The SMILES string of the molecule is Cc1cc(NC(N)=S)ccc1NC(=O)C(C)C. The summed E-state index contributed by atoms with van der Waals surface area (Å²) in [5, 5.41) is 5.93. The highest BCUT2D eigenvalue weighted by atomic mass is 32.1. The second-order valence-electron chi connectivity index (χ2n) is 4.16. The van der Waals surface area contributed by atoms with Gasteiger partial charge in [0.2, 0.25) is 5.91 Å². The molecule has 1 aromatic rings. The van der Waals surface area contributed by atoms with Crippen LogP contribution in [-0.4, -0.2) is 11.0 Å². The number of amides is 1. The average Bonchev–Trinajstić information content (AvgIpc) is 2.20. The van der Waals surface area contributed by atoms with E-state index < -0.39 is 0 Å². The summed E-state index contributed by atoms with van der Waals surface area (Å²) < 4.78 is 0. The fourth-order valence-electron chi connectivity index (χ4n) is 1.30. The molecule has 0 saturated heterocycles. The first kappa shape index (κ1) is 13.4. The first-order chi connectivity index (χ1) is 7.90. The maximum absolute atomic E-state index is 11.6. The Morgan fingerprint density at radius 3 is 2.47 bits per heavy atom. The summed E-state index contributed by atoms with van der Waals surface area (Å²) in [6.45, 7) is 5.63. The molecular weight excluding hydrogens is 234 g/mol. The molecule has 0 aliphatic heterocycles. The van der Waals surface area contributed by atoms with Crippen molar-refractivity contribution < 1.29 is 4.79 Å². The zero-order valence-electron chi connectivity index (χ0n) is 10.2. The molecule has 0 radical (unpaired) electrons. The van der Waals surface area contributed by atoms with Gasteiger partial charge in [-0.2, -0.15) is 0 Å². The van der Waals surface area contributed by atoms with Crippen LogP contribution < -0.4 is 16.4 Å². The van der Waals surface area contributed by atoms with Gasteiger partial charge < -0.3 is 16.4 Å². The van der Waals surface area contributed by atoms with E-state index in [1.807, 2.05) is 39.0 Å². The Kier molecular flexibility index (Phi) is 4.45. The molecule has 17 heavy (non-hydrogen) atoms. The first-order valence-corrected chi connectivity index (χ1v) is 5.79. The van der Waals surface area contributed by atoms with Crippen molar-refractivity contribution in [3.63, 3.8) is 0 Å². The number of aryl methyl sites for hydroxylation is 1. The summed E-state index contributed by atoms with van der Waals surface area (Å²) in [4.78, 5) is 11.6. The fourth-order valence-corrected chi connectivity index (χ4v) is 1.42. The molecular formula is C12H17N3OS. The predicted molar refractivity (Wildman–Crippen MR) is 75.1 cm³/mol. The van der Waals surface area contributed by atoms with Crippen LogP contribution >= 0.6 is 12.2 Å². The lowest BCUT2D eigenvalue weighted by molar-refractivity contribution is -0.118. The Morgan fingerprint density at radius 1 is 1.35 bits per heavy atom. The molecule has 4 nitrogen and oxygen atoms in total. The van der Waals surface area contributed by atoms with Crippen molar-refractivity contribution in [1.29, 1.82) is 0 Å². The van der Waals surface area contributed by atoms with Crippen LogP contribution in [0, 0.1) is 12.8 Å². The normalized spacial score (nSPS) is 10.1. The standard InChI is InChI=1S/C12H17N3OS/c1-7(2)11(16)15-10-5-4-9(6-8(10)3)14-12(13)17/h4-7H,1-3H3,(H,15,16)(H3,13,14,17). The number of thiocarbonyl (C=S) groups is 1. The zero-order valence-corrected chi connectivity index (χ0v) is 11.0. The molecule has 0 aliphatic carbocycles. The summed E-state index contributed by atoms with van der Waals surface area (Å²) in [6.07, 6.45) is 0. The Bertz CT molecular complexity index is 443. The minimum atomic E-state index is -0.0381. The number of nitrogens with one attached hydrogen (secondary N) is 2. The number of anilines is 2. The second kappa shape index (κ2) is 5.63. The number of hydrogen-bond donors (Lipinski definition) is 3. The third-order valence-corrected chi connectivity index (χ3v) is 2.38. The van der Waals surface area contributed by atoms with Crippen molar-refractivity contribution in [2.24, 2.45) is 11.7 Å². The van der Waals surface area contributed by atoms with Gasteiger partial charge in [0, 0.05) is 17.3 Å². The van der Waals surface area contributed by atoms with E-state index in [1.54, 1.807) is 0 Å². The van der Waals surface area contributed by atoms with E-state index in [0.717, 1.165) is 16.9 Å². The molecule has 0 atom stereocenters. The number of hydrogen-bond acceptors (Lipinski definition) is 2. The van der Waals surface area contributed by atoms with E-state index in [-0.39, 0.29) is 16.9 Å². The maximum Gasteiger partial charge on any atom is 0.226 e. The van der Waals surface area contributed by atoms with E-state index in [1.165, 1.54) is 0 Å². The smallest absolute Gasteiger partial charge is 0.226 e. The molecule has 0 bridgehead atoms. The molecule has 5 heteroatoms. The molecule has 0 aliphatic rings. The number of rotatable bonds is 3. The average molecular weight is 251 g/mol. The van der Waals surface area contributed by atoms with Crippen LogP contribution in [0.25, 0.3) is 0 Å². The van der Waals surface area contributed by atoms with E-state index in [2.05, 4.69) is 10.6 Å². The highest BCUT2D eigenvalue weighted by molar-refractivity contribution is 7.80. The second-order valence-corrected chi connectivity index (χ2v) is 4.60. The van der Waals surface area contributed by atoms with Crippen LogP contribution in [-0.2, 0) is 4.79 Å². The van der Waals surface area contributed by atoms with E-state index in [4.69, 9.17) is 18.0 Å². The first-order valence-electron chi connectivity index (χ1n) is 5.38. The summed E-state index contributed by atoms with van der Waals surface area (Å²) >= 11 is 4.75. The number of carbonyl (C=O) groups excluding carboxylic acids is 1. The highest BCUT2D eigenvalue weighted by Gasteiger charge is 2.08. The van der Waals surface area contributed by atoms with Gasteiger partial charge >= 0.3 is 0 Å². The number of carbonyl (C=O) groups is 1. The van der Waals surface area contributed by atoms with Gasteiger partial charge in [-0.1, -0.05) is 13.8 Å². The number of benzene rings is 1. The van der Waals surface area contributed by atoms with Crippen molar-refractivity contribution in [3.8, 4) is 0 Å². The largest absolute Gasteiger partial charge is 0.376 e. The van der Waals surface area contributed by atoms with Crippen molar-refractivity contribution in [2.45, 2.75) is 20.8 Å². The maximum atomic E-state index is 11.6. The summed E-state index contributed by atoms with van der Waals surface area (Å²) in [5.74, 6) is -0.0352. The number of nitrogens with two attached hydrogens (primary N) is 1. The van der Waals surface area contributed by atoms with Gasteiger partial charge in [-0.05, 0) is 42.9 Å². The molecule has 1 amide bonds. The lowest BCUT2D eigenvalue weighted by atomic mass is 10.1. The van der Waals surface area contributed by atoms with Crippen LogP contribution in [0.5, 0.6) is 0 Å². The summed E-state index contributed by atoms with van der Waals surface area (Å²) in [5.41, 5.74) is 7.96. The molecule has 0 spiro atoms. The van der Waals surface area contributed by atoms with Crippen molar-refractivity contribution in [3.05, 3.63) is 23.8 Å². The topological polar surface area (TPSA) is 67.2 Å². The van der Waals surface area contributed by atoms with Crippen LogP contribution in [0.3, 0.4) is 0 Å². The zero-order chi connectivity index (χ0) is 13.0. The minimum Gasteiger partial charge on any atom is -0.376 e. The molecule has 0 heterocycles. The van der Waals surface area contributed by atoms with Crippen LogP contribution in [0.15, 0.2) is 18.2 Å². The van der Waals surface area contributed by atoms with Crippen molar-refractivity contribution >= 4 is 34.6 Å². The quantitative estimate of drug-likeness (QED) is 0.721. The van der Waals surface area contributed by atoms with Crippen LogP contribution in [0.4, 0.5) is 11.4 Å². The minimum absolute atomic E-state index is 0.00292. The van der Waals surface area contributed by atoms with E-state index in [9.17, 15) is 4.79 Å². The van der Waals surface area contributed by atoms with E-state index >= 15 is 0 Å². The Labute approximate surface area is 107 Å². The fraction of sp³-hybridized carbons (Fsp3) is 0.333. The highest BCUT2D eigenvalue weighted by Crippen LogP contribution is 2.20. The van der Waals surface area contributed by atoms with Gasteiger partial charge in [0.1, 0.15) is 0 Å². The van der Waals surface area contributed by atoms with Gasteiger partial charge in [-0.3, -0.25) is 4.79 Å². The van der Waals surface area contributed by atoms with Gasteiger partial charge in [0.25, 0.3) is 0 Å². The monoisotopic (exact) mass is 251 g/mol. The van der Waals surface area contributed by atoms with Crippen LogP contribution in [0.1, 0.15) is 19.4 Å². The molecule has 4 N–H and O–H groups in total. The van der Waals surface area contributed by atoms with Crippen molar-refractivity contribution in [1.82, 2.24) is 0 Å². The molecule has 0 aromatic heterocycles. The molecule has 92 valence electrons. The van der Waals surface area contributed by atoms with Crippen molar-refractivity contribution in [2.75, 3.05) is 10.6 Å². The molecule has 0 saturated carbocycles. The Hall–Kier alpha value is -1.62. The Morgan fingerprint density at radius 2 is 2.00 bits per heavy atom. The third-order valence-electron chi connectivity index (χ3n) is 2.28. The van der Waals surface area contributed by atoms with Gasteiger partial charge in [0.05, 0.1) is 0 Å². The van der Waals surface area contributed by atoms with E-state index in [0.29, 0.717) is 0 Å². The molecule has 1 aromatic carbocycles. The molecule has 0 unspecified atom stereocenters. The predicted octanol–water partition coefficient (Wildman–Crippen LogP) is 2.25. The lowest BCUT2D eigenvalue weighted by Gasteiger charge is -2.12. The summed E-state index contributed by atoms with van der Waals surface area (Å²) in [7, 11) is 0. The Balaban J connectivity index is 2.83.